The van der Waals surface area contributed by atoms with Crippen molar-refractivity contribution in [2.45, 2.75) is 37.8 Å². The molecule has 0 aromatic carbocycles. The van der Waals surface area contributed by atoms with E-state index < -0.39 is 0 Å². The van der Waals surface area contributed by atoms with Crippen LogP contribution >= 0.6 is 15.9 Å². The fourth-order valence-corrected chi connectivity index (χ4v) is 3.57. The van der Waals surface area contributed by atoms with Crippen molar-refractivity contribution in [1.82, 2.24) is 15.2 Å². The highest BCUT2D eigenvalue weighted by Crippen LogP contribution is 2.39. The highest BCUT2D eigenvalue weighted by Gasteiger charge is 2.50. The number of carbonyl (C=O) groups excluding carboxylic acids is 1. The molecule has 0 aliphatic carbocycles. The van der Waals surface area contributed by atoms with Crippen LogP contribution in [0, 0.1) is 6.92 Å². The van der Waals surface area contributed by atoms with Crippen LogP contribution in [0.15, 0.2) is 16.7 Å². The molecule has 19 heavy (non-hydrogen) atoms. The van der Waals surface area contributed by atoms with Crippen LogP contribution in [0.25, 0.3) is 0 Å². The monoisotopic (exact) mass is 323 g/mol. The first kappa shape index (κ1) is 13.1. The van der Waals surface area contributed by atoms with Crippen LogP contribution in [-0.4, -0.2) is 34.9 Å². The molecule has 2 atom stereocenters. The summed E-state index contributed by atoms with van der Waals surface area (Å²) >= 11 is 3.55. The Kier molecular flexibility index (Phi) is 3.14. The summed E-state index contributed by atoms with van der Waals surface area (Å²) in [5, 5.41) is 3.56. The number of carbonyl (C=O) groups is 1. The van der Waals surface area contributed by atoms with E-state index in [1.54, 1.807) is 0 Å². The molecule has 1 amide bonds. The molecule has 1 spiro atoms. The first-order valence-corrected chi connectivity index (χ1v) is 7.47. The maximum Gasteiger partial charge on any atom is 0.242 e. The zero-order chi connectivity index (χ0) is 13.6. The third kappa shape index (κ3) is 1.99. The molecule has 3 heterocycles. The number of amides is 1. The van der Waals surface area contributed by atoms with Gasteiger partial charge in [-0.3, -0.25) is 15.1 Å². The Balaban J connectivity index is 1.87. The minimum Gasteiger partial charge on any atom is -0.344 e. The fraction of sp³-hybridized carbons (Fsp3) is 0.571. The van der Waals surface area contributed by atoms with E-state index in [0.717, 1.165) is 41.5 Å². The Morgan fingerprint density at radius 1 is 1.53 bits per heavy atom. The van der Waals surface area contributed by atoms with Crippen LogP contribution in [0.2, 0.25) is 0 Å². The van der Waals surface area contributed by atoms with Gasteiger partial charge in [0.1, 0.15) is 5.54 Å². The topological polar surface area (TPSA) is 45.2 Å². The van der Waals surface area contributed by atoms with Gasteiger partial charge < -0.3 is 4.90 Å². The molecule has 0 bridgehead atoms. The number of nitrogens with zero attached hydrogens (tertiary/aromatic N) is 2. The summed E-state index contributed by atoms with van der Waals surface area (Å²) in [6, 6.07) is 2.14. The first-order chi connectivity index (χ1) is 9.03. The number of pyridine rings is 1. The Hall–Kier alpha value is -0.940. The van der Waals surface area contributed by atoms with Crippen molar-refractivity contribution in [3.05, 3.63) is 28.0 Å². The second-order valence-corrected chi connectivity index (χ2v) is 6.45. The van der Waals surface area contributed by atoms with Crippen LogP contribution in [0.5, 0.6) is 0 Å². The zero-order valence-electron chi connectivity index (χ0n) is 11.2. The Morgan fingerprint density at radius 2 is 2.32 bits per heavy atom. The van der Waals surface area contributed by atoms with Crippen molar-refractivity contribution in [2.75, 3.05) is 13.6 Å². The minimum absolute atomic E-state index is 0.188. The number of likely N-dealkylation sites (tertiary alicyclic amines) is 1. The lowest BCUT2D eigenvalue weighted by molar-refractivity contribution is -0.131. The largest absolute Gasteiger partial charge is 0.344 e. The Labute approximate surface area is 121 Å². The number of hydrogen-bond acceptors (Lipinski definition) is 3. The zero-order valence-corrected chi connectivity index (χ0v) is 12.8. The quantitative estimate of drug-likeness (QED) is 0.861. The van der Waals surface area contributed by atoms with Gasteiger partial charge in [-0.1, -0.05) is 15.9 Å². The molecule has 3 rings (SSSR count). The van der Waals surface area contributed by atoms with Gasteiger partial charge in [0, 0.05) is 24.3 Å². The number of halogens is 1. The van der Waals surface area contributed by atoms with E-state index in [4.69, 9.17) is 0 Å². The van der Waals surface area contributed by atoms with Gasteiger partial charge in [0.15, 0.2) is 0 Å². The number of aromatic nitrogens is 1. The van der Waals surface area contributed by atoms with E-state index in [-0.39, 0.29) is 17.5 Å². The molecule has 5 heteroatoms. The number of rotatable bonds is 1. The van der Waals surface area contributed by atoms with Gasteiger partial charge in [-0.05, 0) is 37.8 Å². The Morgan fingerprint density at radius 3 is 3.00 bits per heavy atom. The summed E-state index contributed by atoms with van der Waals surface area (Å²) in [6.07, 6.45) is 4.62. The Bertz CT molecular complexity index is 533. The molecule has 0 radical (unpaired) electrons. The first-order valence-electron chi connectivity index (χ1n) is 6.68. The van der Waals surface area contributed by atoms with Crippen LogP contribution in [0.3, 0.4) is 0 Å². The lowest BCUT2D eigenvalue weighted by atomic mass is 9.96. The average molecular weight is 324 g/mol. The predicted molar refractivity (Wildman–Crippen MR) is 76.8 cm³/mol. The fourth-order valence-electron chi connectivity index (χ4n) is 3.25. The van der Waals surface area contributed by atoms with Crippen molar-refractivity contribution in [2.24, 2.45) is 0 Å². The van der Waals surface area contributed by atoms with Crippen molar-refractivity contribution in [3.8, 4) is 0 Å². The standard InChI is InChI=1S/C14H18BrN3O/c1-9-10(15)4-7-16-12(9)11-3-5-14(17-11)6-8-18(2)13(14)19/h4,7,11,17H,3,5-6,8H2,1-2H3/t11?,14-/m0/s1. The summed E-state index contributed by atoms with van der Waals surface area (Å²) in [5.74, 6) is 0.239. The minimum atomic E-state index is -0.337. The van der Waals surface area contributed by atoms with Crippen molar-refractivity contribution in [3.63, 3.8) is 0 Å². The van der Waals surface area contributed by atoms with E-state index in [0.29, 0.717) is 0 Å². The summed E-state index contributed by atoms with van der Waals surface area (Å²) < 4.78 is 1.08. The molecule has 4 nitrogen and oxygen atoms in total. The van der Waals surface area contributed by atoms with E-state index in [1.807, 2.05) is 24.2 Å². The SMILES string of the molecule is Cc1c(Br)ccnc1C1CC[C@@]2(CCN(C)C2=O)N1. The lowest BCUT2D eigenvalue weighted by Crippen LogP contribution is -2.47. The number of nitrogens with one attached hydrogen (secondary N) is 1. The second kappa shape index (κ2) is 4.56. The third-order valence-corrected chi connectivity index (χ3v) is 5.31. The smallest absolute Gasteiger partial charge is 0.242 e. The van der Waals surface area contributed by atoms with E-state index in [1.165, 1.54) is 0 Å². The van der Waals surface area contributed by atoms with Gasteiger partial charge in [-0.2, -0.15) is 0 Å². The van der Waals surface area contributed by atoms with Crippen LogP contribution in [-0.2, 0) is 4.79 Å². The van der Waals surface area contributed by atoms with E-state index in [9.17, 15) is 4.79 Å². The molecule has 2 saturated heterocycles. The van der Waals surface area contributed by atoms with Crippen LogP contribution in [0.4, 0.5) is 0 Å². The normalized spacial score (nSPS) is 30.6. The molecule has 0 saturated carbocycles. The lowest BCUT2D eigenvalue weighted by Gasteiger charge is -2.23. The van der Waals surface area contributed by atoms with Gasteiger partial charge in [-0.15, -0.1) is 0 Å². The summed E-state index contributed by atoms with van der Waals surface area (Å²) in [5.41, 5.74) is 1.89. The maximum absolute atomic E-state index is 12.3. The molecule has 2 fully saturated rings. The highest BCUT2D eigenvalue weighted by molar-refractivity contribution is 9.10. The summed E-state index contributed by atoms with van der Waals surface area (Å²) in [6.45, 7) is 2.92. The van der Waals surface area contributed by atoms with Crippen molar-refractivity contribution >= 4 is 21.8 Å². The van der Waals surface area contributed by atoms with Gasteiger partial charge >= 0.3 is 0 Å². The van der Waals surface area contributed by atoms with Gasteiger partial charge in [0.25, 0.3) is 0 Å². The van der Waals surface area contributed by atoms with E-state index >= 15 is 0 Å². The number of likely N-dealkylation sites (N-methyl/N-ethyl adjacent to an activating group) is 1. The summed E-state index contributed by atoms with van der Waals surface area (Å²) in [4.78, 5) is 18.6. The molecule has 2 aliphatic heterocycles. The maximum atomic E-state index is 12.3. The average Bonchev–Trinajstić information content (AvgIpc) is 2.94. The van der Waals surface area contributed by atoms with Crippen molar-refractivity contribution < 1.29 is 4.79 Å². The number of hydrogen-bond donors (Lipinski definition) is 1. The molecule has 102 valence electrons. The molecule has 2 aliphatic rings. The summed E-state index contributed by atoms with van der Waals surface area (Å²) in [7, 11) is 1.88. The predicted octanol–water partition coefficient (Wildman–Crippen LogP) is 2.18. The van der Waals surface area contributed by atoms with Crippen molar-refractivity contribution in [1.29, 1.82) is 0 Å². The van der Waals surface area contributed by atoms with Crippen LogP contribution < -0.4 is 5.32 Å². The van der Waals surface area contributed by atoms with E-state index in [2.05, 4.69) is 33.2 Å². The molecule has 1 unspecified atom stereocenters. The molecule has 1 aromatic rings. The molecule has 1 N–H and O–H groups in total. The van der Waals surface area contributed by atoms with Gasteiger partial charge in [-0.25, -0.2) is 0 Å². The molecular formula is C14H18BrN3O. The molecular weight excluding hydrogens is 306 g/mol. The van der Waals surface area contributed by atoms with Gasteiger partial charge in [0.2, 0.25) is 5.91 Å². The second-order valence-electron chi connectivity index (χ2n) is 5.60. The van der Waals surface area contributed by atoms with Gasteiger partial charge in [0.05, 0.1) is 11.7 Å². The van der Waals surface area contributed by atoms with Crippen LogP contribution in [0.1, 0.15) is 36.6 Å². The molecule has 1 aromatic heterocycles. The third-order valence-electron chi connectivity index (χ3n) is 4.45. The highest BCUT2D eigenvalue weighted by atomic mass is 79.9.